The minimum atomic E-state index is -3.08. The quantitative estimate of drug-likeness (QED) is 0.401. The van der Waals surface area contributed by atoms with E-state index >= 15 is 0 Å². The summed E-state index contributed by atoms with van der Waals surface area (Å²) in [6, 6.07) is 0. The molecule has 4 nitrogen and oxygen atoms in total. The van der Waals surface area contributed by atoms with Crippen LogP contribution in [0.3, 0.4) is 0 Å². The van der Waals surface area contributed by atoms with Gasteiger partial charge in [-0.25, -0.2) is 13.1 Å². The summed E-state index contributed by atoms with van der Waals surface area (Å²) >= 11 is 0. The fraction of sp³-hybridized carbons (Fsp3) is 1.00. The predicted octanol–water partition coefficient (Wildman–Crippen LogP) is 4.17. The van der Waals surface area contributed by atoms with Gasteiger partial charge in [0.2, 0.25) is 10.0 Å². The molecule has 1 N–H and O–H groups in total. The Bertz CT molecular complexity index is 341. The largest absolute Gasteiger partial charge is 0.303 e. The molecule has 0 heterocycles. The minimum Gasteiger partial charge on any atom is -0.303 e. The number of nitrogens with one attached hydrogen (secondary N) is 1. The van der Waals surface area contributed by atoms with E-state index in [1.165, 1.54) is 51.4 Å². The third kappa shape index (κ3) is 15.2. The Balaban J connectivity index is 3.48. The summed E-state index contributed by atoms with van der Waals surface area (Å²) < 4.78 is 26.5. The molecule has 0 aromatic heterocycles. The number of sulfonamides is 1. The van der Waals surface area contributed by atoms with Gasteiger partial charge in [0.15, 0.2) is 0 Å². The van der Waals surface area contributed by atoms with Gasteiger partial charge in [-0.15, -0.1) is 0 Å². The summed E-state index contributed by atoms with van der Waals surface area (Å²) in [5, 5.41) is 0. The summed E-state index contributed by atoms with van der Waals surface area (Å²) in [6.07, 6.45) is 12.3. The Hall–Kier alpha value is -0.130. The lowest BCUT2D eigenvalue weighted by Gasteiger charge is -2.17. The molecule has 0 aliphatic heterocycles. The SMILES string of the molecule is CCCCCCCCCCCCS(=O)(=O)NCCN(CC)CC. The molecular formula is C18H40N2O2S. The molecule has 0 fully saturated rings. The molecule has 0 atom stereocenters. The van der Waals surface area contributed by atoms with Crippen molar-refractivity contribution in [3.8, 4) is 0 Å². The molecule has 0 amide bonds. The maximum absolute atomic E-state index is 11.9. The molecule has 0 bridgehead atoms. The van der Waals surface area contributed by atoms with Crippen molar-refractivity contribution in [3.63, 3.8) is 0 Å². The molecule has 23 heavy (non-hydrogen) atoms. The lowest BCUT2D eigenvalue weighted by atomic mass is 10.1. The zero-order valence-corrected chi connectivity index (χ0v) is 16.6. The minimum absolute atomic E-state index is 0.280. The van der Waals surface area contributed by atoms with E-state index in [4.69, 9.17) is 0 Å². The van der Waals surface area contributed by atoms with Gasteiger partial charge in [0.25, 0.3) is 0 Å². The van der Waals surface area contributed by atoms with Gasteiger partial charge in [-0.1, -0.05) is 78.6 Å². The monoisotopic (exact) mass is 348 g/mol. The second-order valence-corrected chi connectivity index (χ2v) is 8.35. The zero-order valence-electron chi connectivity index (χ0n) is 15.8. The Morgan fingerprint density at radius 2 is 1.22 bits per heavy atom. The van der Waals surface area contributed by atoms with E-state index in [2.05, 4.69) is 30.4 Å². The molecule has 0 aliphatic rings. The third-order valence-electron chi connectivity index (χ3n) is 4.41. The smallest absolute Gasteiger partial charge is 0.211 e. The van der Waals surface area contributed by atoms with Gasteiger partial charge in [-0.05, 0) is 19.5 Å². The molecule has 0 rings (SSSR count). The molecule has 0 unspecified atom stereocenters. The molecule has 0 aliphatic carbocycles. The lowest BCUT2D eigenvalue weighted by Crippen LogP contribution is -2.35. The molecule has 0 radical (unpaired) electrons. The highest BCUT2D eigenvalue weighted by molar-refractivity contribution is 7.89. The third-order valence-corrected chi connectivity index (χ3v) is 5.88. The Labute approximate surface area is 145 Å². The van der Waals surface area contributed by atoms with Gasteiger partial charge >= 0.3 is 0 Å². The Kier molecular flexibility index (Phi) is 15.3. The average Bonchev–Trinajstić information content (AvgIpc) is 2.53. The molecule has 5 heteroatoms. The van der Waals surface area contributed by atoms with Gasteiger partial charge in [-0.2, -0.15) is 0 Å². The maximum atomic E-state index is 11.9. The second-order valence-electron chi connectivity index (χ2n) is 6.42. The van der Waals surface area contributed by atoms with Crippen LogP contribution < -0.4 is 4.72 Å². The first-order valence-electron chi connectivity index (χ1n) is 9.75. The molecule has 0 saturated heterocycles. The number of unbranched alkanes of at least 4 members (excludes halogenated alkanes) is 9. The molecule has 0 saturated carbocycles. The molecule has 0 aromatic rings. The van der Waals surface area contributed by atoms with Crippen LogP contribution in [0.4, 0.5) is 0 Å². The summed E-state index contributed by atoms with van der Waals surface area (Å²) in [6.45, 7) is 9.70. The predicted molar refractivity (Wildman–Crippen MR) is 101 cm³/mol. The van der Waals surface area contributed by atoms with E-state index in [1.54, 1.807) is 0 Å². The number of rotatable bonds is 17. The van der Waals surface area contributed by atoms with Crippen LogP contribution in [0.5, 0.6) is 0 Å². The number of hydrogen-bond acceptors (Lipinski definition) is 3. The van der Waals surface area contributed by atoms with Crippen LogP contribution in [-0.4, -0.2) is 45.2 Å². The number of nitrogens with zero attached hydrogens (tertiary/aromatic N) is 1. The van der Waals surface area contributed by atoms with Gasteiger partial charge < -0.3 is 4.90 Å². The van der Waals surface area contributed by atoms with E-state index in [0.717, 1.165) is 32.5 Å². The van der Waals surface area contributed by atoms with Gasteiger partial charge in [0, 0.05) is 13.1 Å². The van der Waals surface area contributed by atoms with Crippen LogP contribution in [0.15, 0.2) is 0 Å². The van der Waals surface area contributed by atoms with Crippen LogP contribution in [0.2, 0.25) is 0 Å². The highest BCUT2D eigenvalue weighted by Crippen LogP contribution is 2.10. The zero-order chi connectivity index (χ0) is 17.4. The van der Waals surface area contributed by atoms with Crippen molar-refractivity contribution in [2.24, 2.45) is 0 Å². The Morgan fingerprint density at radius 3 is 1.70 bits per heavy atom. The van der Waals surface area contributed by atoms with Crippen LogP contribution >= 0.6 is 0 Å². The fourth-order valence-electron chi connectivity index (χ4n) is 2.75. The van der Waals surface area contributed by atoms with E-state index < -0.39 is 10.0 Å². The average molecular weight is 349 g/mol. The second kappa shape index (κ2) is 15.4. The van der Waals surface area contributed by atoms with Crippen LogP contribution in [0, 0.1) is 0 Å². The highest BCUT2D eigenvalue weighted by atomic mass is 32.2. The molecular weight excluding hydrogens is 308 g/mol. The van der Waals surface area contributed by atoms with Crippen molar-refractivity contribution in [2.75, 3.05) is 31.9 Å². The summed E-state index contributed by atoms with van der Waals surface area (Å²) in [5.41, 5.74) is 0. The first-order chi connectivity index (χ1) is 11.1. The number of likely N-dealkylation sites (N-methyl/N-ethyl adjacent to an activating group) is 1. The van der Waals surface area contributed by atoms with Crippen molar-refractivity contribution in [1.82, 2.24) is 9.62 Å². The maximum Gasteiger partial charge on any atom is 0.211 e. The van der Waals surface area contributed by atoms with Crippen molar-refractivity contribution in [2.45, 2.75) is 85.0 Å². The van der Waals surface area contributed by atoms with Crippen LogP contribution in [0.25, 0.3) is 0 Å². The van der Waals surface area contributed by atoms with E-state index in [-0.39, 0.29) is 5.75 Å². The normalized spacial score (nSPS) is 12.2. The van der Waals surface area contributed by atoms with Crippen molar-refractivity contribution in [1.29, 1.82) is 0 Å². The van der Waals surface area contributed by atoms with Gasteiger partial charge in [-0.3, -0.25) is 0 Å². The van der Waals surface area contributed by atoms with Gasteiger partial charge in [0.1, 0.15) is 0 Å². The summed E-state index contributed by atoms with van der Waals surface area (Å²) in [5.74, 6) is 0.280. The fourth-order valence-corrected chi connectivity index (χ4v) is 3.88. The first-order valence-corrected chi connectivity index (χ1v) is 11.4. The topological polar surface area (TPSA) is 49.4 Å². The van der Waals surface area contributed by atoms with E-state index in [9.17, 15) is 8.42 Å². The van der Waals surface area contributed by atoms with Crippen LogP contribution in [-0.2, 0) is 10.0 Å². The first kappa shape index (κ1) is 22.9. The van der Waals surface area contributed by atoms with Crippen LogP contribution in [0.1, 0.15) is 85.0 Å². The van der Waals surface area contributed by atoms with Gasteiger partial charge in [0.05, 0.1) is 5.75 Å². The summed E-state index contributed by atoms with van der Waals surface area (Å²) in [7, 11) is -3.08. The Morgan fingerprint density at radius 1 is 0.739 bits per heavy atom. The van der Waals surface area contributed by atoms with Crippen molar-refractivity contribution in [3.05, 3.63) is 0 Å². The molecule has 0 spiro atoms. The summed E-state index contributed by atoms with van der Waals surface area (Å²) in [4.78, 5) is 2.23. The highest BCUT2D eigenvalue weighted by Gasteiger charge is 2.09. The molecule has 0 aromatic carbocycles. The standard InChI is InChI=1S/C18H40N2O2S/c1-4-7-8-9-10-11-12-13-14-15-18-23(21,22)19-16-17-20(5-2)6-3/h19H,4-18H2,1-3H3. The van der Waals surface area contributed by atoms with E-state index in [1.807, 2.05) is 0 Å². The van der Waals surface area contributed by atoms with Crippen molar-refractivity contribution < 1.29 is 8.42 Å². The number of hydrogen-bond donors (Lipinski definition) is 1. The molecule has 140 valence electrons. The lowest BCUT2D eigenvalue weighted by molar-refractivity contribution is 0.309. The van der Waals surface area contributed by atoms with E-state index in [0.29, 0.717) is 6.54 Å². The van der Waals surface area contributed by atoms with Crippen molar-refractivity contribution >= 4 is 10.0 Å².